The molecule has 4 nitrogen and oxygen atoms in total. The summed E-state index contributed by atoms with van der Waals surface area (Å²) >= 11 is 0. The molecule has 0 atom stereocenters. The van der Waals surface area contributed by atoms with Crippen LogP contribution in [0.1, 0.15) is 48.0 Å². The minimum atomic E-state index is -4.43. The Morgan fingerprint density at radius 1 is 1.62 bits per heavy atom. The summed E-state index contributed by atoms with van der Waals surface area (Å²) in [6.45, 7) is -16.1. The topological polar surface area (TPSA) is 57.6 Å². The zero-order chi connectivity index (χ0) is 25.4. The van der Waals surface area contributed by atoms with Crippen molar-refractivity contribution in [2.45, 2.75) is 38.5 Å². The van der Waals surface area contributed by atoms with Crippen molar-refractivity contribution >= 4 is 19.7 Å². The second-order valence-electron chi connectivity index (χ2n) is 3.12. The monoisotopic (exact) mass is 280 g/mol. The minimum absolute atomic E-state index is 0.471. The summed E-state index contributed by atoms with van der Waals surface area (Å²) < 4.78 is 140. The van der Waals surface area contributed by atoms with E-state index in [1.54, 1.807) is 0 Å². The molecule has 0 amide bonds. The average molecular weight is 280 g/mol. The first-order valence-corrected chi connectivity index (χ1v) is 6.98. The summed E-state index contributed by atoms with van der Waals surface area (Å²) in [6, 6.07) is -1.89. The Hall–Kier alpha value is -0.0400. The molecule has 0 aliphatic carbocycles. The molecule has 0 radical (unpaired) electrons. The van der Waals surface area contributed by atoms with E-state index in [0.717, 1.165) is 0 Å². The predicted molar refractivity (Wildman–Crippen MR) is 67.2 cm³/mol. The van der Waals surface area contributed by atoms with Crippen molar-refractivity contribution < 1.29 is 34.2 Å². The first-order valence-electron chi connectivity index (χ1n) is 11.3. The third kappa shape index (κ3) is 2.80. The molecule has 1 aliphatic heterocycles. The predicted octanol–water partition coefficient (Wildman–Crippen LogP) is 1.87. The van der Waals surface area contributed by atoms with Gasteiger partial charge in [-0.25, -0.2) is 8.42 Å². The lowest BCUT2D eigenvalue weighted by Crippen LogP contribution is -2.48. The molecule has 0 aromatic carbocycles. The quantitative estimate of drug-likeness (QED) is 0.632. The zero-order valence-electron chi connectivity index (χ0n) is 23.0. The molecular formula is C10H19NO3S2. The number of hydrogen-bond acceptors (Lipinski definition) is 5. The van der Waals surface area contributed by atoms with E-state index in [4.69, 9.17) is 20.6 Å². The van der Waals surface area contributed by atoms with E-state index in [0.29, 0.717) is 6.26 Å². The summed E-state index contributed by atoms with van der Waals surface area (Å²) in [5.41, 5.74) is -13.5. The zero-order valence-corrected chi connectivity index (χ0v) is 9.66. The molecule has 1 rings (SSSR count). The van der Waals surface area contributed by atoms with Gasteiger partial charge >= 0.3 is 0 Å². The number of hydroxylamine groups is 2. The number of hydrogen-bond donors (Lipinski definition) is 1. The molecule has 0 spiro atoms. The van der Waals surface area contributed by atoms with E-state index >= 15 is 0 Å². The summed E-state index contributed by atoms with van der Waals surface area (Å²) in [5.74, 6) is 0. The SMILES string of the molecule is [2H]C1=C(C([2H])([2H])SS(C)(=O)=O)C(C([2H])([2H])[2H])(C([2H])([2H])[2H])N(O)C1(C([2H])([2H])[2H])C([2H])([2H])[2H]. The van der Waals surface area contributed by atoms with Crippen molar-refractivity contribution in [3.05, 3.63) is 11.6 Å². The van der Waals surface area contributed by atoms with Crippen molar-refractivity contribution in [1.82, 2.24) is 5.06 Å². The maximum Gasteiger partial charge on any atom is 0.199 e. The molecule has 6 heteroatoms. The van der Waals surface area contributed by atoms with Crippen molar-refractivity contribution in [2.24, 2.45) is 0 Å². The molecule has 94 valence electrons. The molecule has 0 saturated carbocycles. The van der Waals surface area contributed by atoms with Gasteiger partial charge in [-0.2, -0.15) is 5.06 Å². The Labute approximate surface area is 122 Å². The minimum Gasteiger partial charge on any atom is -0.312 e. The van der Waals surface area contributed by atoms with E-state index < -0.39 is 80.5 Å². The second-order valence-corrected chi connectivity index (χ2v) is 7.22. The normalized spacial score (nSPS) is 43.0. The van der Waals surface area contributed by atoms with Crippen LogP contribution in [0.25, 0.3) is 0 Å². The number of nitrogens with zero attached hydrogens (tertiary/aromatic N) is 1. The first-order chi connectivity index (χ1) is 13.1. The highest BCUT2D eigenvalue weighted by molar-refractivity contribution is 8.71. The van der Waals surface area contributed by atoms with Crippen LogP contribution in [0.5, 0.6) is 0 Å². The lowest BCUT2D eigenvalue weighted by Gasteiger charge is -2.36. The molecule has 1 heterocycles. The van der Waals surface area contributed by atoms with Crippen LogP contribution < -0.4 is 0 Å². The average Bonchev–Trinajstić information content (AvgIpc) is 2.59. The highest BCUT2D eigenvalue weighted by Crippen LogP contribution is 2.39. The Kier molecular flexibility index (Phi) is 0.934. The Balaban J connectivity index is 4.48. The Bertz CT molecular complexity index is 835. The molecule has 0 bridgehead atoms. The second kappa shape index (κ2) is 4.01. The van der Waals surface area contributed by atoms with Crippen LogP contribution in [-0.4, -0.2) is 41.7 Å². The van der Waals surface area contributed by atoms with Crippen LogP contribution in [0, 0.1) is 0 Å². The highest BCUT2D eigenvalue weighted by atomic mass is 33.1. The molecule has 1 aliphatic rings. The molecule has 16 heavy (non-hydrogen) atoms. The lowest BCUT2D eigenvalue weighted by atomic mass is 9.98. The summed E-state index contributed by atoms with van der Waals surface area (Å²) in [4.78, 5) is 0. The van der Waals surface area contributed by atoms with Crippen LogP contribution in [0.15, 0.2) is 11.6 Å². The molecule has 1 N–H and O–H groups in total. The highest BCUT2D eigenvalue weighted by Gasteiger charge is 2.44. The van der Waals surface area contributed by atoms with Gasteiger partial charge < -0.3 is 5.21 Å². The number of rotatable bonds is 3. The van der Waals surface area contributed by atoms with Gasteiger partial charge in [0.25, 0.3) is 0 Å². The fraction of sp³-hybridized carbons (Fsp3) is 0.800. The molecule has 0 aromatic rings. The maximum atomic E-state index is 11.7. The molecule has 0 aromatic heterocycles. The summed E-state index contributed by atoms with van der Waals surface area (Å²) in [5, 5.41) is 9.79. The van der Waals surface area contributed by atoms with Gasteiger partial charge in [0.15, 0.2) is 8.87 Å². The van der Waals surface area contributed by atoms with E-state index in [1.807, 2.05) is 0 Å². The lowest BCUT2D eigenvalue weighted by molar-refractivity contribution is -0.185. The Morgan fingerprint density at radius 3 is 2.69 bits per heavy atom. The fourth-order valence-electron chi connectivity index (χ4n) is 0.898. The van der Waals surface area contributed by atoms with Crippen LogP contribution >= 0.6 is 10.8 Å². The summed E-state index contributed by atoms with van der Waals surface area (Å²) in [7, 11) is -5.09. The Morgan fingerprint density at radius 2 is 2.25 bits per heavy atom. The van der Waals surface area contributed by atoms with Crippen molar-refractivity contribution in [1.29, 1.82) is 0 Å². The molecular weight excluding hydrogens is 246 g/mol. The van der Waals surface area contributed by atoms with E-state index in [1.165, 1.54) is 0 Å². The molecule has 0 fully saturated rings. The van der Waals surface area contributed by atoms with Gasteiger partial charge in [-0.3, -0.25) is 0 Å². The van der Waals surface area contributed by atoms with E-state index in [2.05, 4.69) is 0 Å². The first kappa shape index (κ1) is 3.73. The van der Waals surface area contributed by atoms with Crippen molar-refractivity contribution in [3.63, 3.8) is 0 Å². The van der Waals surface area contributed by atoms with Gasteiger partial charge in [-0.05, 0) is 43.8 Å². The van der Waals surface area contributed by atoms with Crippen molar-refractivity contribution in [3.8, 4) is 0 Å². The van der Waals surface area contributed by atoms with E-state index in [9.17, 15) is 13.6 Å². The van der Waals surface area contributed by atoms with Crippen LogP contribution in [-0.2, 0) is 8.87 Å². The van der Waals surface area contributed by atoms with Gasteiger partial charge in [-0.1, -0.05) is 6.05 Å². The van der Waals surface area contributed by atoms with Gasteiger partial charge in [0.05, 0.1) is 12.4 Å². The van der Waals surface area contributed by atoms with Gasteiger partial charge in [0.2, 0.25) is 0 Å². The smallest absolute Gasteiger partial charge is 0.199 e. The molecule has 0 unspecified atom stereocenters. The van der Waals surface area contributed by atoms with Gasteiger partial charge in [0.1, 0.15) is 0 Å². The maximum absolute atomic E-state index is 11.7. The molecule has 0 saturated heterocycles. The van der Waals surface area contributed by atoms with Gasteiger partial charge in [-0.15, -0.1) is 0 Å². The largest absolute Gasteiger partial charge is 0.312 e. The van der Waals surface area contributed by atoms with Crippen LogP contribution in [0.2, 0.25) is 0 Å². The van der Waals surface area contributed by atoms with Crippen LogP contribution in [0.4, 0.5) is 0 Å². The third-order valence-corrected chi connectivity index (χ3v) is 3.35. The van der Waals surface area contributed by atoms with E-state index in [-0.39, 0.29) is 0 Å². The van der Waals surface area contributed by atoms with Crippen molar-refractivity contribution in [2.75, 3.05) is 12.0 Å². The summed E-state index contributed by atoms with van der Waals surface area (Å²) in [6.07, 6.45) is 0.471. The standard InChI is InChI=1S/C10H19NO3S2/c1-9(2)6-8(7-15-16(5,13)14)10(3,4)11(9)12/h6,12H,7H2,1-5H3/i1D3,2D3,3D3,4D3,6D,7D2. The van der Waals surface area contributed by atoms with Gasteiger partial charge in [0, 0.05) is 31.2 Å². The fourth-order valence-corrected chi connectivity index (χ4v) is 2.04. The third-order valence-electron chi connectivity index (χ3n) is 1.60. The van der Waals surface area contributed by atoms with Crippen LogP contribution in [0.3, 0.4) is 0 Å².